The van der Waals surface area contributed by atoms with Gasteiger partial charge in [0.1, 0.15) is 5.75 Å². The average Bonchev–Trinajstić information content (AvgIpc) is 2.34. The first-order chi connectivity index (χ1) is 8.20. The van der Waals surface area contributed by atoms with Gasteiger partial charge in [-0.1, -0.05) is 0 Å². The second-order valence-corrected chi connectivity index (χ2v) is 5.71. The Morgan fingerprint density at radius 2 is 1.94 bits per heavy atom. The predicted molar refractivity (Wildman–Crippen MR) is 75.9 cm³/mol. The van der Waals surface area contributed by atoms with Gasteiger partial charge in [-0.05, 0) is 50.8 Å². The van der Waals surface area contributed by atoms with Crippen LogP contribution in [0.5, 0.6) is 5.75 Å². The molecule has 1 aromatic carbocycles. The fraction of sp³-hybridized carbons (Fsp3) is 0.500. The Labute approximate surface area is 118 Å². The number of nitrogens with one attached hydrogen (secondary N) is 1. The smallest absolute Gasteiger partial charge is 0.135 e. The third kappa shape index (κ3) is 3.36. The Bertz CT molecular complexity index is 392. The highest BCUT2D eigenvalue weighted by Gasteiger charge is 2.15. The molecule has 0 bridgehead atoms. The van der Waals surface area contributed by atoms with E-state index >= 15 is 0 Å². The van der Waals surface area contributed by atoms with Crippen molar-refractivity contribution >= 4 is 37.5 Å². The number of hydrogen-bond donors (Lipinski definition) is 1. The van der Waals surface area contributed by atoms with Gasteiger partial charge < -0.3 is 14.8 Å². The van der Waals surface area contributed by atoms with Gasteiger partial charge in [0.05, 0.1) is 17.3 Å². The minimum atomic E-state index is 0.478. The molecule has 1 fully saturated rings. The van der Waals surface area contributed by atoms with E-state index in [9.17, 15) is 0 Å². The Balaban J connectivity index is 2.13. The zero-order valence-corrected chi connectivity index (χ0v) is 12.8. The van der Waals surface area contributed by atoms with Crippen molar-refractivity contribution in [2.45, 2.75) is 18.9 Å². The van der Waals surface area contributed by atoms with Crippen molar-refractivity contribution < 1.29 is 9.47 Å². The summed E-state index contributed by atoms with van der Waals surface area (Å²) in [6.07, 6.45) is 2.09. The summed E-state index contributed by atoms with van der Waals surface area (Å²) < 4.78 is 12.6. The molecule has 0 saturated carbocycles. The molecular weight excluding hydrogens is 350 g/mol. The van der Waals surface area contributed by atoms with Crippen LogP contribution in [0, 0.1) is 0 Å². The summed E-state index contributed by atoms with van der Waals surface area (Å²) in [5.41, 5.74) is 1.07. The number of anilines is 1. The first-order valence-electron chi connectivity index (χ1n) is 5.58. The topological polar surface area (TPSA) is 30.5 Å². The molecule has 5 heteroatoms. The Morgan fingerprint density at radius 1 is 1.24 bits per heavy atom. The number of hydrogen-bond acceptors (Lipinski definition) is 3. The van der Waals surface area contributed by atoms with Crippen LogP contribution in [-0.2, 0) is 4.74 Å². The van der Waals surface area contributed by atoms with Gasteiger partial charge >= 0.3 is 0 Å². The van der Waals surface area contributed by atoms with E-state index in [0.717, 1.165) is 46.4 Å². The van der Waals surface area contributed by atoms with Crippen LogP contribution >= 0.6 is 31.9 Å². The zero-order valence-electron chi connectivity index (χ0n) is 9.63. The van der Waals surface area contributed by atoms with Crippen molar-refractivity contribution in [3.05, 3.63) is 21.1 Å². The van der Waals surface area contributed by atoms with E-state index in [-0.39, 0.29) is 0 Å². The molecule has 0 aromatic heterocycles. The third-order valence-electron chi connectivity index (χ3n) is 2.82. The standard InChI is InChI=1S/C12H15Br2NO2/c1-16-12-7-11(9(13)6-10(12)14)15-8-2-4-17-5-3-8/h6-8,15H,2-5H2,1H3. The molecule has 1 N–H and O–H groups in total. The summed E-state index contributed by atoms with van der Waals surface area (Å²) in [5, 5.41) is 3.52. The maximum absolute atomic E-state index is 5.35. The Kier molecular flexibility index (Phi) is 4.70. The van der Waals surface area contributed by atoms with Gasteiger partial charge in [-0.25, -0.2) is 0 Å². The number of benzene rings is 1. The van der Waals surface area contributed by atoms with Crippen LogP contribution in [0.15, 0.2) is 21.1 Å². The van der Waals surface area contributed by atoms with Crippen LogP contribution in [0.4, 0.5) is 5.69 Å². The molecule has 0 unspecified atom stereocenters. The monoisotopic (exact) mass is 363 g/mol. The maximum atomic E-state index is 5.35. The summed E-state index contributed by atoms with van der Waals surface area (Å²) in [4.78, 5) is 0. The number of halogens is 2. The van der Waals surface area contributed by atoms with E-state index < -0.39 is 0 Å². The molecule has 1 aliphatic rings. The molecule has 1 aromatic rings. The van der Waals surface area contributed by atoms with Crippen molar-refractivity contribution in [2.24, 2.45) is 0 Å². The Morgan fingerprint density at radius 3 is 2.59 bits per heavy atom. The quantitative estimate of drug-likeness (QED) is 0.884. The largest absolute Gasteiger partial charge is 0.495 e. The van der Waals surface area contributed by atoms with Gasteiger partial charge in [-0.2, -0.15) is 0 Å². The van der Waals surface area contributed by atoms with Gasteiger partial charge in [0.2, 0.25) is 0 Å². The second-order valence-electron chi connectivity index (χ2n) is 4.00. The van der Waals surface area contributed by atoms with E-state index in [1.807, 2.05) is 12.1 Å². The van der Waals surface area contributed by atoms with E-state index in [1.54, 1.807) is 7.11 Å². The molecule has 1 aliphatic heterocycles. The molecule has 0 aliphatic carbocycles. The first kappa shape index (κ1) is 13.2. The van der Waals surface area contributed by atoms with Crippen molar-refractivity contribution in [3.8, 4) is 5.75 Å². The zero-order chi connectivity index (χ0) is 12.3. The van der Waals surface area contributed by atoms with Gasteiger partial charge in [-0.3, -0.25) is 0 Å². The van der Waals surface area contributed by atoms with E-state index in [2.05, 4.69) is 37.2 Å². The van der Waals surface area contributed by atoms with E-state index in [4.69, 9.17) is 9.47 Å². The van der Waals surface area contributed by atoms with Crippen LogP contribution in [0.1, 0.15) is 12.8 Å². The second kappa shape index (κ2) is 6.07. The van der Waals surface area contributed by atoms with Crippen LogP contribution in [0.2, 0.25) is 0 Å². The van der Waals surface area contributed by atoms with Crippen molar-refractivity contribution in [1.29, 1.82) is 0 Å². The number of rotatable bonds is 3. The van der Waals surface area contributed by atoms with Crippen LogP contribution in [-0.4, -0.2) is 26.4 Å². The summed E-state index contributed by atoms with van der Waals surface area (Å²) in [5.74, 6) is 0.836. The average molecular weight is 365 g/mol. The lowest BCUT2D eigenvalue weighted by Gasteiger charge is -2.25. The maximum Gasteiger partial charge on any atom is 0.135 e. The lowest BCUT2D eigenvalue weighted by Crippen LogP contribution is -2.27. The van der Waals surface area contributed by atoms with E-state index in [0.29, 0.717) is 6.04 Å². The molecule has 0 spiro atoms. The highest BCUT2D eigenvalue weighted by Crippen LogP contribution is 2.35. The fourth-order valence-electron chi connectivity index (χ4n) is 1.86. The molecule has 0 amide bonds. The minimum Gasteiger partial charge on any atom is -0.495 e. The molecule has 2 rings (SSSR count). The van der Waals surface area contributed by atoms with Crippen molar-refractivity contribution in [3.63, 3.8) is 0 Å². The summed E-state index contributed by atoms with van der Waals surface area (Å²) >= 11 is 7.02. The van der Waals surface area contributed by atoms with Gasteiger partial charge in [0.25, 0.3) is 0 Å². The lowest BCUT2D eigenvalue weighted by molar-refractivity contribution is 0.0904. The summed E-state index contributed by atoms with van der Waals surface area (Å²) in [7, 11) is 1.67. The van der Waals surface area contributed by atoms with Crippen LogP contribution < -0.4 is 10.1 Å². The SMILES string of the molecule is COc1cc(NC2CCOCC2)c(Br)cc1Br. The fourth-order valence-corrected chi connectivity index (χ4v) is 3.13. The van der Waals surface area contributed by atoms with Crippen molar-refractivity contribution in [1.82, 2.24) is 0 Å². The van der Waals surface area contributed by atoms with Gasteiger partial charge in [0.15, 0.2) is 0 Å². The minimum absolute atomic E-state index is 0.478. The molecule has 1 saturated heterocycles. The summed E-state index contributed by atoms with van der Waals surface area (Å²) in [6.45, 7) is 1.67. The predicted octanol–water partition coefficient (Wildman–Crippen LogP) is 3.81. The summed E-state index contributed by atoms with van der Waals surface area (Å²) in [6, 6.07) is 4.48. The highest BCUT2D eigenvalue weighted by atomic mass is 79.9. The molecule has 1 heterocycles. The van der Waals surface area contributed by atoms with Gasteiger partial charge in [0, 0.05) is 29.8 Å². The highest BCUT2D eigenvalue weighted by molar-refractivity contribution is 9.11. The van der Waals surface area contributed by atoms with Crippen molar-refractivity contribution in [2.75, 3.05) is 25.6 Å². The molecule has 0 atom stereocenters. The number of ether oxygens (including phenoxy) is 2. The van der Waals surface area contributed by atoms with Crippen LogP contribution in [0.3, 0.4) is 0 Å². The normalized spacial score (nSPS) is 16.9. The Hall–Kier alpha value is -0.260. The lowest BCUT2D eigenvalue weighted by atomic mass is 10.1. The van der Waals surface area contributed by atoms with Crippen LogP contribution in [0.25, 0.3) is 0 Å². The third-order valence-corrected chi connectivity index (χ3v) is 4.10. The first-order valence-corrected chi connectivity index (χ1v) is 7.16. The molecule has 3 nitrogen and oxygen atoms in total. The molecular formula is C12H15Br2NO2. The molecule has 94 valence electrons. The van der Waals surface area contributed by atoms with Gasteiger partial charge in [-0.15, -0.1) is 0 Å². The molecule has 0 radical (unpaired) electrons. The van der Waals surface area contributed by atoms with E-state index in [1.165, 1.54) is 0 Å². The molecule has 17 heavy (non-hydrogen) atoms. The number of methoxy groups -OCH3 is 1.